The molecule has 0 radical (unpaired) electrons. The van der Waals surface area contributed by atoms with E-state index in [-0.39, 0.29) is 17.9 Å². The lowest BCUT2D eigenvalue weighted by atomic mass is 9.97. The van der Waals surface area contributed by atoms with Gasteiger partial charge in [0.25, 0.3) is 0 Å². The molecule has 0 spiro atoms. The number of urea groups is 1. The van der Waals surface area contributed by atoms with E-state index in [0.717, 1.165) is 0 Å². The van der Waals surface area contributed by atoms with Crippen molar-refractivity contribution in [2.75, 3.05) is 6.54 Å². The van der Waals surface area contributed by atoms with Gasteiger partial charge in [-0.05, 0) is 19.3 Å². The Morgan fingerprint density at radius 3 is 2.00 bits per heavy atom. The van der Waals surface area contributed by atoms with Crippen molar-refractivity contribution in [1.82, 2.24) is 10.6 Å². The van der Waals surface area contributed by atoms with Crippen molar-refractivity contribution in [3.8, 4) is 0 Å². The van der Waals surface area contributed by atoms with Crippen LogP contribution in [-0.4, -0.2) is 29.2 Å². The Morgan fingerprint density at radius 2 is 1.62 bits per heavy atom. The molecule has 16 heavy (non-hydrogen) atoms. The molecule has 0 rings (SSSR count). The minimum atomic E-state index is -0.930. The largest absolute Gasteiger partial charge is 0.481 e. The Balaban J connectivity index is 4.09. The Bertz CT molecular complexity index is 267. The Kier molecular flexibility index (Phi) is 4.78. The minimum Gasteiger partial charge on any atom is -0.481 e. The number of nitrogens with one attached hydrogen (secondary N) is 2. The van der Waals surface area contributed by atoms with Crippen LogP contribution in [0.1, 0.15) is 41.0 Å². The molecule has 0 atom stereocenters. The molecule has 0 bridgehead atoms. The smallest absolute Gasteiger partial charge is 0.315 e. The van der Waals surface area contributed by atoms with Crippen molar-refractivity contribution in [2.24, 2.45) is 5.41 Å². The number of hydrogen-bond donors (Lipinski definition) is 3. The quantitative estimate of drug-likeness (QED) is 0.686. The molecule has 0 saturated carbocycles. The van der Waals surface area contributed by atoms with Crippen LogP contribution < -0.4 is 10.6 Å². The summed E-state index contributed by atoms with van der Waals surface area (Å²) in [6, 6.07) is -0.332. The number of carboxylic acid groups (broad SMARTS) is 1. The fourth-order valence-electron chi connectivity index (χ4n) is 1.12. The topological polar surface area (TPSA) is 78.4 Å². The lowest BCUT2D eigenvalue weighted by Gasteiger charge is -2.26. The molecule has 5 nitrogen and oxygen atoms in total. The van der Waals surface area contributed by atoms with Crippen LogP contribution >= 0.6 is 0 Å². The molecule has 2 amide bonds. The van der Waals surface area contributed by atoms with Crippen molar-refractivity contribution in [2.45, 2.75) is 46.6 Å². The Morgan fingerprint density at radius 1 is 1.12 bits per heavy atom. The minimum absolute atomic E-state index is 0.00822. The summed E-state index contributed by atoms with van der Waals surface area (Å²) in [5.74, 6) is -0.930. The first-order valence-corrected chi connectivity index (χ1v) is 5.30. The van der Waals surface area contributed by atoms with Crippen LogP contribution in [0.15, 0.2) is 0 Å². The zero-order chi connectivity index (χ0) is 13.0. The fourth-order valence-corrected chi connectivity index (χ4v) is 1.12. The second-order valence-corrected chi connectivity index (χ2v) is 5.82. The summed E-state index contributed by atoms with van der Waals surface area (Å²) in [4.78, 5) is 22.0. The van der Waals surface area contributed by atoms with E-state index in [1.54, 1.807) is 13.8 Å². The number of carbonyl (C=O) groups is 2. The van der Waals surface area contributed by atoms with Gasteiger partial charge in [-0.1, -0.05) is 20.8 Å². The van der Waals surface area contributed by atoms with Crippen molar-refractivity contribution >= 4 is 12.0 Å². The van der Waals surface area contributed by atoms with Crippen molar-refractivity contribution in [1.29, 1.82) is 0 Å². The molecule has 0 aliphatic heterocycles. The zero-order valence-electron chi connectivity index (χ0n) is 10.7. The first kappa shape index (κ1) is 14.7. The highest BCUT2D eigenvalue weighted by molar-refractivity contribution is 5.76. The number of carbonyl (C=O) groups excluding carboxylic acids is 1. The maximum Gasteiger partial charge on any atom is 0.315 e. The zero-order valence-corrected chi connectivity index (χ0v) is 10.7. The van der Waals surface area contributed by atoms with Gasteiger partial charge in [0.1, 0.15) is 0 Å². The first-order valence-electron chi connectivity index (χ1n) is 5.30. The van der Waals surface area contributed by atoms with E-state index in [1.165, 1.54) is 0 Å². The van der Waals surface area contributed by atoms with Crippen molar-refractivity contribution in [3.63, 3.8) is 0 Å². The predicted molar refractivity (Wildman–Crippen MR) is 62.3 cm³/mol. The lowest BCUT2D eigenvalue weighted by Crippen LogP contribution is -2.50. The van der Waals surface area contributed by atoms with Gasteiger partial charge in [0.2, 0.25) is 0 Å². The second-order valence-electron chi connectivity index (χ2n) is 5.82. The van der Waals surface area contributed by atoms with Gasteiger partial charge in [0.05, 0.1) is 6.42 Å². The van der Waals surface area contributed by atoms with Gasteiger partial charge in [-0.3, -0.25) is 4.79 Å². The molecule has 0 unspecified atom stereocenters. The van der Waals surface area contributed by atoms with Gasteiger partial charge in [-0.25, -0.2) is 4.79 Å². The molecule has 0 fully saturated rings. The molecule has 0 aromatic heterocycles. The number of rotatable bonds is 4. The van der Waals surface area contributed by atoms with Crippen LogP contribution in [-0.2, 0) is 4.79 Å². The first-order chi connectivity index (χ1) is 7.02. The number of aliphatic carboxylic acids is 1. The lowest BCUT2D eigenvalue weighted by molar-refractivity contribution is -0.138. The maximum absolute atomic E-state index is 11.5. The third-order valence-corrected chi connectivity index (χ3v) is 1.82. The summed E-state index contributed by atoms with van der Waals surface area (Å²) in [6.45, 7) is 9.93. The van der Waals surface area contributed by atoms with Crippen LogP contribution in [0.2, 0.25) is 0 Å². The standard InChI is InChI=1S/C11H22N2O3/c1-10(2,3)7-12-9(16)13-11(4,5)6-8(14)15/h6-7H2,1-5H3,(H,14,15)(H2,12,13,16). The maximum atomic E-state index is 11.5. The van der Waals surface area contributed by atoms with Gasteiger partial charge in [0, 0.05) is 12.1 Å². The average Bonchev–Trinajstić information content (AvgIpc) is 1.95. The summed E-state index contributed by atoms with van der Waals surface area (Å²) < 4.78 is 0. The average molecular weight is 230 g/mol. The highest BCUT2D eigenvalue weighted by Crippen LogP contribution is 2.11. The summed E-state index contributed by atoms with van der Waals surface area (Å²) >= 11 is 0. The second kappa shape index (κ2) is 5.18. The van der Waals surface area contributed by atoms with Crippen LogP contribution in [0.3, 0.4) is 0 Å². The van der Waals surface area contributed by atoms with E-state index in [2.05, 4.69) is 10.6 Å². The van der Waals surface area contributed by atoms with E-state index in [1.807, 2.05) is 20.8 Å². The van der Waals surface area contributed by atoms with Gasteiger partial charge in [0.15, 0.2) is 0 Å². The SMILES string of the molecule is CC(C)(C)CNC(=O)NC(C)(C)CC(=O)O. The summed E-state index contributed by atoms with van der Waals surface area (Å²) in [5, 5.41) is 14.0. The summed E-state index contributed by atoms with van der Waals surface area (Å²) in [5.41, 5.74) is -0.734. The monoisotopic (exact) mass is 230 g/mol. The van der Waals surface area contributed by atoms with E-state index in [0.29, 0.717) is 6.54 Å². The van der Waals surface area contributed by atoms with Gasteiger partial charge in [-0.2, -0.15) is 0 Å². The fraction of sp³-hybridized carbons (Fsp3) is 0.818. The molecule has 0 aromatic rings. The molecule has 0 aliphatic rings. The van der Waals surface area contributed by atoms with E-state index in [4.69, 9.17) is 5.11 Å². The molecular weight excluding hydrogens is 208 g/mol. The highest BCUT2D eigenvalue weighted by atomic mass is 16.4. The molecule has 3 N–H and O–H groups in total. The highest BCUT2D eigenvalue weighted by Gasteiger charge is 2.24. The van der Waals surface area contributed by atoms with Crippen molar-refractivity contribution < 1.29 is 14.7 Å². The summed E-state index contributed by atoms with van der Waals surface area (Å²) in [6.07, 6.45) is -0.101. The number of hydrogen-bond acceptors (Lipinski definition) is 2. The number of amides is 2. The van der Waals surface area contributed by atoms with Crippen LogP contribution in [0.25, 0.3) is 0 Å². The van der Waals surface area contributed by atoms with E-state index >= 15 is 0 Å². The third kappa shape index (κ3) is 8.08. The van der Waals surface area contributed by atoms with Crippen LogP contribution in [0, 0.1) is 5.41 Å². The predicted octanol–water partition coefficient (Wildman–Crippen LogP) is 1.58. The van der Waals surface area contributed by atoms with Gasteiger partial charge < -0.3 is 15.7 Å². The Hall–Kier alpha value is -1.26. The Labute approximate surface area is 96.6 Å². The molecule has 5 heteroatoms. The van der Waals surface area contributed by atoms with E-state index in [9.17, 15) is 9.59 Å². The molecule has 0 heterocycles. The van der Waals surface area contributed by atoms with Gasteiger partial charge in [-0.15, -0.1) is 0 Å². The summed E-state index contributed by atoms with van der Waals surface area (Å²) in [7, 11) is 0. The van der Waals surface area contributed by atoms with Crippen LogP contribution in [0.5, 0.6) is 0 Å². The van der Waals surface area contributed by atoms with Crippen molar-refractivity contribution in [3.05, 3.63) is 0 Å². The number of carboxylic acids is 1. The van der Waals surface area contributed by atoms with E-state index < -0.39 is 11.5 Å². The van der Waals surface area contributed by atoms with Gasteiger partial charge >= 0.3 is 12.0 Å². The molecule has 94 valence electrons. The third-order valence-electron chi connectivity index (χ3n) is 1.82. The molecule has 0 aliphatic carbocycles. The molecule has 0 saturated heterocycles. The molecular formula is C11H22N2O3. The van der Waals surface area contributed by atoms with Crippen LogP contribution in [0.4, 0.5) is 4.79 Å². The normalized spacial score (nSPS) is 12.1. The molecule has 0 aromatic carbocycles.